The highest BCUT2D eigenvalue weighted by Crippen LogP contribution is 2.33. The number of thiazole rings is 1. The standard InChI is InChI=1S/C24H19N3O3S/c1-15-3-2-4-19(11-15)26-24-27-20(13-31-24)16-5-8-18(9-6-16)25-23(28)17-7-10-21-22(12-17)30-14-29-21/h2-13H,14H2,1H3,(H,25,28)(H,26,27). The maximum Gasteiger partial charge on any atom is 0.255 e. The van der Waals surface area contributed by atoms with Gasteiger partial charge in [-0.25, -0.2) is 4.98 Å². The number of anilines is 3. The van der Waals surface area contributed by atoms with E-state index in [0.717, 1.165) is 22.1 Å². The van der Waals surface area contributed by atoms with E-state index in [1.807, 2.05) is 41.8 Å². The molecule has 0 saturated carbocycles. The monoisotopic (exact) mass is 429 g/mol. The summed E-state index contributed by atoms with van der Waals surface area (Å²) >= 11 is 1.55. The van der Waals surface area contributed by atoms with Crippen LogP contribution in [0.1, 0.15) is 15.9 Å². The Morgan fingerprint density at radius 2 is 1.81 bits per heavy atom. The molecule has 154 valence electrons. The van der Waals surface area contributed by atoms with Gasteiger partial charge in [0.1, 0.15) is 0 Å². The molecule has 0 spiro atoms. The van der Waals surface area contributed by atoms with Crippen molar-refractivity contribution in [1.29, 1.82) is 0 Å². The molecule has 1 amide bonds. The van der Waals surface area contributed by atoms with Gasteiger partial charge in [-0.3, -0.25) is 4.79 Å². The average molecular weight is 430 g/mol. The van der Waals surface area contributed by atoms with Crippen LogP contribution in [0.2, 0.25) is 0 Å². The summed E-state index contributed by atoms with van der Waals surface area (Å²) in [7, 11) is 0. The number of benzene rings is 3. The molecule has 2 N–H and O–H groups in total. The molecule has 1 aromatic heterocycles. The predicted molar refractivity (Wildman–Crippen MR) is 123 cm³/mol. The van der Waals surface area contributed by atoms with Gasteiger partial charge in [0.05, 0.1) is 5.69 Å². The molecule has 6 nitrogen and oxygen atoms in total. The molecule has 7 heteroatoms. The summed E-state index contributed by atoms with van der Waals surface area (Å²) in [5.41, 5.74) is 5.30. The number of aromatic nitrogens is 1. The van der Waals surface area contributed by atoms with Crippen molar-refractivity contribution >= 4 is 33.8 Å². The second kappa shape index (κ2) is 8.12. The highest BCUT2D eigenvalue weighted by atomic mass is 32.1. The molecule has 0 fully saturated rings. The second-order valence-corrected chi connectivity index (χ2v) is 7.99. The third-order valence-electron chi connectivity index (χ3n) is 4.85. The molecule has 31 heavy (non-hydrogen) atoms. The van der Waals surface area contributed by atoms with E-state index >= 15 is 0 Å². The maximum atomic E-state index is 12.5. The lowest BCUT2D eigenvalue weighted by Gasteiger charge is -2.07. The zero-order chi connectivity index (χ0) is 21.2. The summed E-state index contributed by atoms with van der Waals surface area (Å²) < 4.78 is 10.6. The van der Waals surface area contributed by atoms with Crippen molar-refractivity contribution in [3.63, 3.8) is 0 Å². The van der Waals surface area contributed by atoms with Gasteiger partial charge in [0.25, 0.3) is 5.91 Å². The van der Waals surface area contributed by atoms with Gasteiger partial charge in [-0.1, -0.05) is 24.3 Å². The van der Waals surface area contributed by atoms with Crippen LogP contribution in [0, 0.1) is 6.92 Å². The van der Waals surface area contributed by atoms with E-state index in [9.17, 15) is 4.79 Å². The van der Waals surface area contributed by atoms with Gasteiger partial charge in [0.2, 0.25) is 6.79 Å². The summed E-state index contributed by atoms with van der Waals surface area (Å²) in [5, 5.41) is 9.09. The van der Waals surface area contributed by atoms with Crippen molar-refractivity contribution in [1.82, 2.24) is 4.98 Å². The first kappa shape index (κ1) is 19.1. The molecular formula is C24H19N3O3S. The van der Waals surface area contributed by atoms with E-state index in [4.69, 9.17) is 9.47 Å². The number of carbonyl (C=O) groups excluding carboxylic acids is 1. The van der Waals surface area contributed by atoms with Gasteiger partial charge in [-0.2, -0.15) is 0 Å². The molecular weight excluding hydrogens is 410 g/mol. The van der Waals surface area contributed by atoms with Crippen LogP contribution in [0.4, 0.5) is 16.5 Å². The minimum atomic E-state index is -0.204. The van der Waals surface area contributed by atoms with Crippen LogP contribution >= 0.6 is 11.3 Å². The van der Waals surface area contributed by atoms with E-state index in [-0.39, 0.29) is 12.7 Å². The molecule has 0 atom stereocenters. The van der Waals surface area contributed by atoms with Crippen LogP contribution < -0.4 is 20.1 Å². The van der Waals surface area contributed by atoms with E-state index in [1.165, 1.54) is 5.56 Å². The predicted octanol–water partition coefficient (Wildman–Crippen LogP) is 5.84. The van der Waals surface area contributed by atoms with Crippen LogP contribution in [-0.2, 0) is 0 Å². The second-order valence-electron chi connectivity index (χ2n) is 7.13. The molecule has 0 bridgehead atoms. The van der Waals surface area contributed by atoms with Gasteiger partial charge < -0.3 is 20.1 Å². The van der Waals surface area contributed by atoms with Crippen LogP contribution in [0.5, 0.6) is 11.5 Å². The molecule has 0 unspecified atom stereocenters. The fraction of sp³-hybridized carbons (Fsp3) is 0.0833. The minimum absolute atomic E-state index is 0.181. The number of ether oxygens (including phenoxy) is 2. The van der Waals surface area contributed by atoms with Crippen molar-refractivity contribution in [2.75, 3.05) is 17.4 Å². The van der Waals surface area contributed by atoms with Gasteiger partial charge in [0.15, 0.2) is 16.6 Å². The highest BCUT2D eigenvalue weighted by Gasteiger charge is 2.16. The lowest BCUT2D eigenvalue weighted by Crippen LogP contribution is -2.11. The van der Waals surface area contributed by atoms with Crippen molar-refractivity contribution in [3.05, 3.63) is 83.2 Å². The summed E-state index contributed by atoms with van der Waals surface area (Å²) in [4.78, 5) is 17.2. The number of amides is 1. The third-order valence-corrected chi connectivity index (χ3v) is 5.60. The Morgan fingerprint density at radius 1 is 0.968 bits per heavy atom. The number of hydrogen-bond donors (Lipinski definition) is 2. The molecule has 1 aliphatic heterocycles. The fourth-order valence-electron chi connectivity index (χ4n) is 3.28. The normalized spacial score (nSPS) is 11.9. The van der Waals surface area contributed by atoms with E-state index in [1.54, 1.807) is 29.5 Å². The zero-order valence-corrected chi connectivity index (χ0v) is 17.5. The van der Waals surface area contributed by atoms with Crippen LogP contribution in [0.15, 0.2) is 72.1 Å². The molecule has 0 radical (unpaired) electrons. The van der Waals surface area contributed by atoms with Gasteiger partial charge in [-0.05, 0) is 55.0 Å². The van der Waals surface area contributed by atoms with Crippen molar-refractivity contribution in [2.24, 2.45) is 0 Å². The smallest absolute Gasteiger partial charge is 0.255 e. The van der Waals surface area contributed by atoms with E-state index in [0.29, 0.717) is 22.7 Å². The first-order valence-corrected chi connectivity index (χ1v) is 10.6. The molecule has 3 aromatic carbocycles. The molecule has 1 aliphatic rings. The largest absolute Gasteiger partial charge is 0.454 e. The summed E-state index contributed by atoms with van der Waals surface area (Å²) in [6.45, 7) is 2.24. The van der Waals surface area contributed by atoms with Crippen molar-refractivity contribution in [3.8, 4) is 22.8 Å². The van der Waals surface area contributed by atoms with Crippen LogP contribution in [0.3, 0.4) is 0 Å². The first-order chi connectivity index (χ1) is 15.1. The van der Waals surface area contributed by atoms with E-state index in [2.05, 4.69) is 34.7 Å². The average Bonchev–Trinajstić information content (AvgIpc) is 3.43. The van der Waals surface area contributed by atoms with Crippen LogP contribution in [-0.4, -0.2) is 17.7 Å². The lowest BCUT2D eigenvalue weighted by atomic mass is 10.1. The number of hydrogen-bond acceptors (Lipinski definition) is 6. The quantitative estimate of drug-likeness (QED) is 0.417. The number of nitrogens with zero attached hydrogens (tertiary/aromatic N) is 1. The van der Waals surface area contributed by atoms with Crippen molar-refractivity contribution in [2.45, 2.75) is 6.92 Å². The van der Waals surface area contributed by atoms with Gasteiger partial charge in [0, 0.05) is 27.9 Å². The summed E-state index contributed by atoms with van der Waals surface area (Å²) in [5.74, 6) is 1.03. The zero-order valence-electron chi connectivity index (χ0n) is 16.7. The number of fused-ring (bicyclic) bond motifs is 1. The maximum absolute atomic E-state index is 12.5. The molecule has 2 heterocycles. The molecule has 0 aliphatic carbocycles. The van der Waals surface area contributed by atoms with Crippen LogP contribution in [0.25, 0.3) is 11.3 Å². The Balaban J connectivity index is 1.26. The van der Waals surface area contributed by atoms with Crippen molar-refractivity contribution < 1.29 is 14.3 Å². The third kappa shape index (κ3) is 4.22. The molecule has 0 saturated heterocycles. The highest BCUT2D eigenvalue weighted by molar-refractivity contribution is 7.14. The Morgan fingerprint density at radius 3 is 2.65 bits per heavy atom. The Bertz CT molecular complexity index is 1250. The summed E-state index contributed by atoms with van der Waals surface area (Å²) in [6, 6.07) is 20.9. The van der Waals surface area contributed by atoms with Gasteiger partial charge in [-0.15, -0.1) is 11.3 Å². The fourth-order valence-corrected chi connectivity index (χ4v) is 4.02. The topological polar surface area (TPSA) is 72.5 Å². The Hall–Kier alpha value is -3.84. The molecule has 4 aromatic rings. The Kier molecular flexibility index (Phi) is 5.01. The number of carbonyl (C=O) groups is 1. The SMILES string of the molecule is Cc1cccc(Nc2nc(-c3ccc(NC(=O)c4ccc5c(c4)OCO5)cc3)cs2)c1. The minimum Gasteiger partial charge on any atom is -0.454 e. The number of nitrogens with one attached hydrogen (secondary N) is 2. The van der Waals surface area contributed by atoms with Gasteiger partial charge >= 0.3 is 0 Å². The molecule has 5 rings (SSSR count). The summed E-state index contributed by atoms with van der Waals surface area (Å²) in [6.07, 6.45) is 0. The number of aryl methyl sites for hydroxylation is 1. The Labute approximate surface area is 183 Å². The lowest BCUT2D eigenvalue weighted by molar-refractivity contribution is 0.102. The first-order valence-electron chi connectivity index (χ1n) is 9.75. The number of rotatable bonds is 5. The van der Waals surface area contributed by atoms with E-state index < -0.39 is 0 Å².